The van der Waals surface area contributed by atoms with E-state index in [1.165, 1.54) is 24.3 Å². The zero-order valence-electron chi connectivity index (χ0n) is 13.3. The van der Waals surface area contributed by atoms with Crippen molar-refractivity contribution in [2.45, 2.75) is 43.0 Å². The number of nitrogens with one attached hydrogen (secondary N) is 1. The summed E-state index contributed by atoms with van der Waals surface area (Å²) in [5.74, 6) is -0.533. The maximum absolute atomic E-state index is 12.4. The first-order valence-electron chi connectivity index (χ1n) is 8.08. The standard InChI is InChI=1S/C16H21N3O4S/c17-24(22,23)14-7-5-12(6-8-14)18-16(21)11-9-15(20)19(10-11)13-3-1-2-4-13/h5-8,11,13H,1-4,9-10H2,(H,18,21)(H2,17,22,23). The van der Waals surface area contributed by atoms with Crippen LogP contribution in [-0.2, 0) is 19.6 Å². The lowest BCUT2D eigenvalue weighted by Gasteiger charge is -2.23. The smallest absolute Gasteiger partial charge is 0.238 e. The van der Waals surface area contributed by atoms with Crippen LogP contribution in [0.1, 0.15) is 32.1 Å². The average molecular weight is 351 g/mol. The summed E-state index contributed by atoms with van der Waals surface area (Å²) in [5, 5.41) is 7.78. The van der Waals surface area contributed by atoms with Crippen molar-refractivity contribution >= 4 is 27.5 Å². The molecule has 1 atom stereocenters. The van der Waals surface area contributed by atoms with E-state index in [4.69, 9.17) is 5.14 Å². The molecule has 2 amide bonds. The molecule has 1 saturated carbocycles. The van der Waals surface area contributed by atoms with E-state index in [-0.39, 0.29) is 35.1 Å². The lowest BCUT2D eigenvalue weighted by molar-refractivity contribution is -0.129. The van der Waals surface area contributed by atoms with Crippen molar-refractivity contribution in [1.82, 2.24) is 4.90 Å². The number of carbonyl (C=O) groups excluding carboxylic acids is 2. The second-order valence-electron chi connectivity index (χ2n) is 6.44. The molecule has 1 aliphatic heterocycles. The van der Waals surface area contributed by atoms with E-state index in [9.17, 15) is 18.0 Å². The van der Waals surface area contributed by atoms with Gasteiger partial charge >= 0.3 is 0 Å². The zero-order chi connectivity index (χ0) is 17.3. The summed E-state index contributed by atoms with van der Waals surface area (Å²) in [7, 11) is -3.75. The number of amides is 2. The van der Waals surface area contributed by atoms with Gasteiger partial charge in [0.2, 0.25) is 21.8 Å². The Morgan fingerprint density at radius 2 is 1.79 bits per heavy atom. The zero-order valence-corrected chi connectivity index (χ0v) is 14.1. The molecule has 1 aliphatic carbocycles. The Bertz CT molecular complexity index is 739. The van der Waals surface area contributed by atoms with Crippen molar-refractivity contribution in [2.75, 3.05) is 11.9 Å². The van der Waals surface area contributed by atoms with E-state index >= 15 is 0 Å². The third kappa shape index (κ3) is 3.59. The summed E-state index contributed by atoms with van der Waals surface area (Å²) < 4.78 is 22.4. The van der Waals surface area contributed by atoms with Gasteiger partial charge in [0.15, 0.2) is 0 Å². The third-order valence-corrected chi connectivity index (χ3v) is 5.67. The van der Waals surface area contributed by atoms with E-state index in [0.717, 1.165) is 25.7 Å². The fourth-order valence-electron chi connectivity index (χ4n) is 3.45. The van der Waals surface area contributed by atoms with Gasteiger partial charge in [-0.05, 0) is 37.1 Å². The Morgan fingerprint density at radius 1 is 1.17 bits per heavy atom. The average Bonchev–Trinajstić information content (AvgIpc) is 3.16. The maximum Gasteiger partial charge on any atom is 0.238 e. The number of sulfonamides is 1. The topological polar surface area (TPSA) is 110 Å². The molecule has 130 valence electrons. The summed E-state index contributed by atoms with van der Waals surface area (Å²) in [6.45, 7) is 0.463. The predicted molar refractivity (Wildman–Crippen MR) is 88.5 cm³/mol. The highest BCUT2D eigenvalue weighted by Gasteiger charge is 2.38. The highest BCUT2D eigenvalue weighted by molar-refractivity contribution is 7.89. The van der Waals surface area contributed by atoms with Gasteiger partial charge in [-0.15, -0.1) is 0 Å². The third-order valence-electron chi connectivity index (χ3n) is 4.75. The fourth-order valence-corrected chi connectivity index (χ4v) is 3.96. The van der Waals surface area contributed by atoms with Crippen LogP contribution in [0.4, 0.5) is 5.69 Å². The molecule has 1 unspecified atom stereocenters. The van der Waals surface area contributed by atoms with Crippen molar-refractivity contribution in [1.29, 1.82) is 0 Å². The van der Waals surface area contributed by atoms with Gasteiger partial charge in [0.1, 0.15) is 0 Å². The van der Waals surface area contributed by atoms with Gasteiger partial charge in [-0.1, -0.05) is 12.8 Å². The van der Waals surface area contributed by atoms with Crippen molar-refractivity contribution in [2.24, 2.45) is 11.1 Å². The van der Waals surface area contributed by atoms with Gasteiger partial charge in [-0.2, -0.15) is 0 Å². The number of nitrogens with two attached hydrogens (primary N) is 1. The Labute approximate surface area is 141 Å². The summed E-state index contributed by atoms with van der Waals surface area (Å²) in [6, 6.07) is 5.95. The monoisotopic (exact) mass is 351 g/mol. The number of hydrogen-bond acceptors (Lipinski definition) is 4. The number of carbonyl (C=O) groups is 2. The highest BCUT2D eigenvalue weighted by Crippen LogP contribution is 2.30. The molecule has 0 bridgehead atoms. The lowest BCUT2D eigenvalue weighted by Crippen LogP contribution is -2.35. The Kier molecular flexibility index (Phi) is 4.60. The number of benzene rings is 1. The van der Waals surface area contributed by atoms with E-state index < -0.39 is 10.0 Å². The van der Waals surface area contributed by atoms with Gasteiger partial charge in [-0.3, -0.25) is 9.59 Å². The molecule has 3 N–H and O–H groups in total. The molecule has 3 rings (SSSR count). The largest absolute Gasteiger partial charge is 0.339 e. The first-order valence-corrected chi connectivity index (χ1v) is 9.62. The van der Waals surface area contributed by atoms with Gasteiger partial charge in [0, 0.05) is 24.7 Å². The van der Waals surface area contributed by atoms with Gasteiger partial charge in [0.25, 0.3) is 0 Å². The lowest BCUT2D eigenvalue weighted by atomic mass is 10.1. The molecular formula is C16H21N3O4S. The van der Waals surface area contributed by atoms with Gasteiger partial charge in [-0.25, -0.2) is 13.6 Å². The molecule has 0 radical (unpaired) electrons. The Hall–Kier alpha value is -1.93. The van der Waals surface area contributed by atoms with Crippen LogP contribution in [0.25, 0.3) is 0 Å². The summed E-state index contributed by atoms with van der Waals surface area (Å²) in [6.07, 6.45) is 4.56. The number of anilines is 1. The number of primary sulfonamides is 1. The van der Waals surface area contributed by atoms with Crippen molar-refractivity contribution in [3.8, 4) is 0 Å². The van der Waals surface area contributed by atoms with E-state index in [0.29, 0.717) is 12.2 Å². The molecule has 1 aromatic rings. The van der Waals surface area contributed by atoms with E-state index in [2.05, 4.69) is 5.32 Å². The summed E-state index contributed by atoms with van der Waals surface area (Å²) >= 11 is 0. The molecule has 0 aromatic heterocycles. The molecule has 0 spiro atoms. The van der Waals surface area contributed by atoms with Crippen molar-refractivity contribution < 1.29 is 18.0 Å². The molecule has 1 heterocycles. The first-order chi connectivity index (χ1) is 11.3. The SMILES string of the molecule is NS(=O)(=O)c1ccc(NC(=O)C2CC(=O)N(C3CCCC3)C2)cc1. The van der Waals surface area contributed by atoms with Crippen LogP contribution < -0.4 is 10.5 Å². The normalized spacial score (nSPS) is 22.1. The fraction of sp³-hybridized carbons (Fsp3) is 0.500. The van der Waals surface area contributed by atoms with Crippen LogP contribution >= 0.6 is 0 Å². The van der Waals surface area contributed by atoms with Crippen LogP contribution in [0, 0.1) is 5.92 Å². The second kappa shape index (κ2) is 6.52. The molecule has 8 heteroatoms. The van der Waals surface area contributed by atoms with E-state index in [1.807, 2.05) is 4.90 Å². The van der Waals surface area contributed by atoms with Crippen molar-refractivity contribution in [3.63, 3.8) is 0 Å². The molecule has 2 aliphatic rings. The quantitative estimate of drug-likeness (QED) is 0.845. The summed E-state index contributed by atoms with van der Waals surface area (Å²) in [5.41, 5.74) is 0.485. The van der Waals surface area contributed by atoms with Gasteiger partial charge < -0.3 is 10.2 Å². The molecule has 7 nitrogen and oxygen atoms in total. The number of hydrogen-bond donors (Lipinski definition) is 2. The maximum atomic E-state index is 12.4. The molecule has 24 heavy (non-hydrogen) atoms. The first kappa shape index (κ1) is 16.9. The van der Waals surface area contributed by atoms with Crippen LogP contribution in [0.2, 0.25) is 0 Å². The molecule has 1 saturated heterocycles. The van der Waals surface area contributed by atoms with Crippen LogP contribution in [0.3, 0.4) is 0 Å². The number of likely N-dealkylation sites (tertiary alicyclic amines) is 1. The Morgan fingerprint density at radius 3 is 2.38 bits per heavy atom. The Balaban J connectivity index is 1.62. The number of nitrogens with zero attached hydrogens (tertiary/aromatic N) is 1. The van der Waals surface area contributed by atoms with Crippen LogP contribution in [-0.4, -0.2) is 37.7 Å². The van der Waals surface area contributed by atoms with Crippen LogP contribution in [0.5, 0.6) is 0 Å². The molecule has 2 fully saturated rings. The predicted octanol–water partition coefficient (Wildman–Crippen LogP) is 1.06. The molecule has 1 aromatic carbocycles. The second-order valence-corrected chi connectivity index (χ2v) is 8.01. The van der Waals surface area contributed by atoms with Gasteiger partial charge in [0.05, 0.1) is 10.8 Å². The minimum Gasteiger partial charge on any atom is -0.339 e. The molecular weight excluding hydrogens is 330 g/mol. The minimum absolute atomic E-state index is 0.0102. The van der Waals surface area contributed by atoms with Crippen molar-refractivity contribution in [3.05, 3.63) is 24.3 Å². The highest BCUT2D eigenvalue weighted by atomic mass is 32.2. The number of rotatable bonds is 4. The summed E-state index contributed by atoms with van der Waals surface area (Å²) in [4.78, 5) is 26.4. The minimum atomic E-state index is -3.75. The van der Waals surface area contributed by atoms with E-state index in [1.54, 1.807) is 0 Å². The van der Waals surface area contributed by atoms with Crippen LogP contribution in [0.15, 0.2) is 29.2 Å².